The average Bonchev–Trinajstić information content (AvgIpc) is 2.44. The highest BCUT2D eigenvalue weighted by Crippen LogP contribution is 2.20. The minimum Gasteiger partial charge on any atom is -0.488 e. The molecule has 0 saturated heterocycles. The Balaban J connectivity index is 2.16. The number of benzene rings is 2. The lowest BCUT2D eigenvalue weighted by atomic mass is 10.2. The Labute approximate surface area is 115 Å². The van der Waals surface area contributed by atoms with Crippen LogP contribution in [0.25, 0.3) is 0 Å². The summed E-state index contributed by atoms with van der Waals surface area (Å²) in [6.07, 6.45) is 0. The predicted octanol–water partition coefficient (Wildman–Crippen LogP) is 2.89. The molecule has 1 N–H and O–H groups in total. The van der Waals surface area contributed by atoms with Gasteiger partial charge in [0, 0.05) is 0 Å². The lowest BCUT2D eigenvalue weighted by Crippen LogP contribution is -1.98. The molecule has 0 fully saturated rings. The third kappa shape index (κ3) is 3.81. The predicted molar refractivity (Wildman–Crippen MR) is 71.1 cm³/mol. The summed E-state index contributed by atoms with van der Waals surface area (Å²) in [7, 11) is 0. The lowest BCUT2D eigenvalue weighted by molar-refractivity contribution is 0.304. The Kier molecular flexibility index (Phi) is 4.70. The minimum atomic E-state index is -0.439. The van der Waals surface area contributed by atoms with Crippen molar-refractivity contribution in [3.05, 3.63) is 65.2 Å². The summed E-state index contributed by atoms with van der Waals surface area (Å²) in [6.45, 7) is -0.170. The van der Waals surface area contributed by atoms with Crippen LogP contribution in [-0.4, -0.2) is 11.7 Å². The molecule has 4 heteroatoms. The van der Waals surface area contributed by atoms with Gasteiger partial charge in [0.2, 0.25) is 0 Å². The highest BCUT2D eigenvalue weighted by atomic mass is 19.1. The normalized spacial score (nSPS) is 9.75. The second-order valence-electron chi connectivity index (χ2n) is 4.02. The van der Waals surface area contributed by atoms with Crippen LogP contribution in [0.3, 0.4) is 0 Å². The molecule has 20 heavy (non-hydrogen) atoms. The van der Waals surface area contributed by atoms with Gasteiger partial charge in [-0.3, -0.25) is 0 Å². The summed E-state index contributed by atoms with van der Waals surface area (Å²) in [5.74, 6) is 4.65. The SMILES string of the molecule is OCC#Cc1cc(F)ccc1OCc1cccc(F)c1. The molecule has 0 unspecified atom stereocenters. The fraction of sp³-hybridized carbons (Fsp3) is 0.125. The zero-order chi connectivity index (χ0) is 14.4. The van der Waals surface area contributed by atoms with Gasteiger partial charge in [-0.05, 0) is 35.9 Å². The molecule has 2 aromatic rings. The van der Waals surface area contributed by atoms with Gasteiger partial charge in [-0.1, -0.05) is 24.0 Å². The third-order valence-electron chi connectivity index (χ3n) is 2.53. The molecule has 102 valence electrons. The number of hydrogen-bond acceptors (Lipinski definition) is 2. The van der Waals surface area contributed by atoms with Crippen molar-refractivity contribution in [1.82, 2.24) is 0 Å². The van der Waals surface area contributed by atoms with Crippen molar-refractivity contribution in [2.24, 2.45) is 0 Å². The second-order valence-corrected chi connectivity index (χ2v) is 4.02. The molecule has 2 rings (SSSR count). The summed E-state index contributed by atoms with van der Waals surface area (Å²) in [4.78, 5) is 0. The van der Waals surface area contributed by atoms with Gasteiger partial charge in [0.25, 0.3) is 0 Å². The number of ether oxygens (including phenoxy) is 1. The van der Waals surface area contributed by atoms with E-state index >= 15 is 0 Å². The fourth-order valence-electron chi connectivity index (χ4n) is 1.65. The molecule has 0 aliphatic heterocycles. The summed E-state index contributed by atoms with van der Waals surface area (Å²) < 4.78 is 31.7. The third-order valence-corrected chi connectivity index (χ3v) is 2.53. The number of hydrogen-bond donors (Lipinski definition) is 1. The highest BCUT2D eigenvalue weighted by molar-refractivity contribution is 5.46. The van der Waals surface area contributed by atoms with E-state index in [4.69, 9.17) is 9.84 Å². The molecule has 0 amide bonds. The number of rotatable bonds is 3. The van der Waals surface area contributed by atoms with Crippen LogP contribution in [0.2, 0.25) is 0 Å². The van der Waals surface area contributed by atoms with Crippen LogP contribution in [0, 0.1) is 23.5 Å². The molecule has 0 bridgehead atoms. The molecule has 0 radical (unpaired) electrons. The molecule has 0 aliphatic carbocycles. The van der Waals surface area contributed by atoms with Gasteiger partial charge in [-0.2, -0.15) is 0 Å². The molecule has 0 spiro atoms. The molecular weight excluding hydrogens is 262 g/mol. The zero-order valence-corrected chi connectivity index (χ0v) is 10.6. The maximum Gasteiger partial charge on any atom is 0.135 e. The molecule has 0 aliphatic rings. The summed E-state index contributed by atoms with van der Waals surface area (Å²) >= 11 is 0. The highest BCUT2D eigenvalue weighted by Gasteiger charge is 2.04. The van der Waals surface area contributed by atoms with Gasteiger partial charge in [0.1, 0.15) is 30.6 Å². The summed E-state index contributed by atoms with van der Waals surface area (Å²) in [6, 6.07) is 9.96. The van der Waals surface area contributed by atoms with Crippen molar-refractivity contribution in [3.63, 3.8) is 0 Å². The van der Waals surface area contributed by atoms with Gasteiger partial charge in [-0.15, -0.1) is 0 Å². The van der Waals surface area contributed by atoms with Gasteiger partial charge in [0.15, 0.2) is 0 Å². The van der Waals surface area contributed by atoms with Gasteiger partial charge >= 0.3 is 0 Å². The Morgan fingerprint density at radius 3 is 2.60 bits per heavy atom. The summed E-state index contributed by atoms with van der Waals surface area (Å²) in [5.41, 5.74) is 1.01. The smallest absolute Gasteiger partial charge is 0.135 e. The van der Waals surface area contributed by atoms with Gasteiger partial charge < -0.3 is 9.84 Å². The largest absolute Gasteiger partial charge is 0.488 e. The standard InChI is InChI=1S/C16H12F2O2/c17-14-5-1-3-12(9-14)11-20-16-7-6-15(18)10-13(16)4-2-8-19/h1,3,5-7,9-10,19H,8,11H2. The fourth-order valence-corrected chi connectivity index (χ4v) is 1.65. The van der Waals surface area contributed by atoms with Crippen LogP contribution in [0.4, 0.5) is 8.78 Å². The van der Waals surface area contributed by atoms with E-state index in [0.29, 0.717) is 16.9 Å². The van der Waals surface area contributed by atoms with Crippen molar-refractivity contribution in [2.45, 2.75) is 6.61 Å². The van der Waals surface area contributed by atoms with E-state index < -0.39 is 5.82 Å². The lowest BCUT2D eigenvalue weighted by Gasteiger charge is -2.08. The molecule has 0 atom stereocenters. The van der Waals surface area contributed by atoms with Crippen LogP contribution in [-0.2, 0) is 6.61 Å². The van der Waals surface area contributed by atoms with Gasteiger partial charge in [0.05, 0.1) is 5.56 Å². The van der Waals surface area contributed by atoms with Crippen molar-refractivity contribution < 1.29 is 18.6 Å². The number of halogens is 2. The molecule has 2 nitrogen and oxygen atoms in total. The van der Waals surface area contributed by atoms with E-state index in [2.05, 4.69) is 11.8 Å². The Bertz CT molecular complexity index is 657. The van der Waals surface area contributed by atoms with Crippen molar-refractivity contribution >= 4 is 0 Å². The first kappa shape index (κ1) is 14.0. The summed E-state index contributed by atoms with van der Waals surface area (Å²) in [5, 5.41) is 8.68. The van der Waals surface area contributed by atoms with Crippen LogP contribution in [0.5, 0.6) is 5.75 Å². The Hall–Kier alpha value is -2.38. The average molecular weight is 274 g/mol. The Morgan fingerprint density at radius 1 is 1.05 bits per heavy atom. The zero-order valence-electron chi connectivity index (χ0n) is 10.6. The van der Waals surface area contributed by atoms with Crippen molar-refractivity contribution in [1.29, 1.82) is 0 Å². The van der Waals surface area contributed by atoms with E-state index in [0.717, 1.165) is 0 Å². The monoisotopic (exact) mass is 274 g/mol. The topological polar surface area (TPSA) is 29.5 Å². The van der Waals surface area contributed by atoms with Crippen molar-refractivity contribution in [3.8, 4) is 17.6 Å². The first-order valence-corrected chi connectivity index (χ1v) is 5.95. The second kappa shape index (κ2) is 6.69. The maximum absolute atomic E-state index is 13.2. The maximum atomic E-state index is 13.2. The van der Waals surface area contributed by atoms with E-state index in [1.807, 2.05) is 0 Å². The molecule has 0 saturated carbocycles. The Morgan fingerprint density at radius 2 is 1.85 bits per heavy atom. The first-order valence-electron chi connectivity index (χ1n) is 5.95. The minimum absolute atomic E-state index is 0.150. The molecule has 2 aromatic carbocycles. The van der Waals surface area contributed by atoms with E-state index in [1.54, 1.807) is 12.1 Å². The quantitative estimate of drug-likeness (QED) is 0.872. The van der Waals surface area contributed by atoms with Crippen LogP contribution < -0.4 is 4.74 Å². The molecular formula is C16H12F2O2. The van der Waals surface area contributed by atoms with Crippen LogP contribution in [0.1, 0.15) is 11.1 Å². The van der Waals surface area contributed by atoms with E-state index in [9.17, 15) is 8.78 Å². The van der Waals surface area contributed by atoms with E-state index in [1.165, 1.54) is 30.3 Å². The number of aliphatic hydroxyl groups is 1. The molecule has 0 aromatic heterocycles. The van der Waals surface area contributed by atoms with Crippen LogP contribution in [0.15, 0.2) is 42.5 Å². The number of aliphatic hydroxyl groups excluding tert-OH is 1. The first-order chi connectivity index (χ1) is 9.69. The molecule has 0 heterocycles. The van der Waals surface area contributed by atoms with Crippen molar-refractivity contribution in [2.75, 3.05) is 6.61 Å². The van der Waals surface area contributed by atoms with Crippen LogP contribution >= 0.6 is 0 Å². The van der Waals surface area contributed by atoms with E-state index in [-0.39, 0.29) is 19.0 Å². The van der Waals surface area contributed by atoms with Gasteiger partial charge in [-0.25, -0.2) is 8.78 Å².